The van der Waals surface area contributed by atoms with Gasteiger partial charge in [0, 0.05) is 35.8 Å². The molecule has 2 saturated carbocycles. The zero-order chi connectivity index (χ0) is 14.3. The van der Waals surface area contributed by atoms with Crippen LogP contribution in [0.2, 0.25) is 0 Å². The van der Waals surface area contributed by atoms with Gasteiger partial charge in [-0.15, -0.1) is 0 Å². The topological polar surface area (TPSA) is 50.4 Å². The maximum Gasteiger partial charge on any atom is 0.315 e. The molecule has 5 heteroatoms. The molecule has 2 N–H and O–H groups in total. The van der Waals surface area contributed by atoms with Crippen molar-refractivity contribution in [2.45, 2.75) is 62.3 Å². The Balaban J connectivity index is 1.33. The first-order valence-electron chi connectivity index (χ1n) is 8.57. The summed E-state index contributed by atoms with van der Waals surface area (Å²) in [4.78, 5) is 12.3. The summed E-state index contributed by atoms with van der Waals surface area (Å²) in [5, 5.41) is 7.03. The Hall–Kier alpha value is -0.420. The number of hydrogen-bond acceptors (Lipinski definition) is 3. The predicted molar refractivity (Wildman–Crippen MR) is 84.6 cm³/mol. The highest BCUT2D eigenvalue weighted by molar-refractivity contribution is 8.00. The van der Waals surface area contributed by atoms with E-state index >= 15 is 0 Å². The van der Waals surface area contributed by atoms with Gasteiger partial charge in [-0.3, -0.25) is 0 Å². The van der Waals surface area contributed by atoms with E-state index in [-0.39, 0.29) is 11.4 Å². The maximum absolute atomic E-state index is 12.3. The molecule has 0 aromatic rings. The van der Waals surface area contributed by atoms with Gasteiger partial charge < -0.3 is 15.4 Å². The molecule has 1 spiro atoms. The van der Waals surface area contributed by atoms with Gasteiger partial charge in [0.15, 0.2) is 0 Å². The first-order valence-corrected chi connectivity index (χ1v) is 9.62. The summed E-state index contributed by atoms with van der Waals surface area (Å²) in [5.41, 5.74) is 0.264. The van der Waals surface area contributed by atoms with E-state index in [4.69, 9.17) is 4.74 Å². The Morgan fingerprint density at radius 1 is 1.24 bits per heavy atom. The van der Waals surface area contributed by atoms with Crippen molar-refractivity contribution in [3.05, 3.63) is 0 Å². The quantitative estimate of drug-likeness (QED) is 0.842. The molecule has 2 aliphatic heterocycles. The SMILES string of the molecule is O=C(NC[C@@H]1CCCS1)N[C@H]1[C@H]2CCO[C@@H]2C12CCCC2. The summed E-state index contributed by atoms with van der Waals surface area (Å²) in [6.07, 6.45) is 9.15. The van der Waals surface area contributed by atoms with Crippen molar-refractivity contribution in [2.75, 3.05) is 18.9 Å². The van der Waals surface area contributed by atoms with E-state index in [0.717, 1.165) is 19.6 Å². The molecule has 4 fully saturated rings. The fraction of sp³-hybridized carbons (Fsp3) is 0.938. The minimum atomic E-state index is 0.0455. The highest BCUT2D eigenvalue weighted by Gasteiger charge is 2.65. The van der Waals surface area contributed by atoms with E-state index in [1.807, 2.05) is 11.8 Å². The Bertz CT molecular complexity index is 405. The molecule has 0 aromatic heterocycles. The standard InChI is InChI=1S/C16H26N2O2S/c19-15(17-10-11-4-3-9-21-11)18-13-12-5-8-20-14(12)16(13)6-1-2-7-16/h11-14H,1-10H2,(H2,17,18,19)/t11-,12+,13-,14-/m0/s1. The van der Waals surface area contributed by atoms with E-state index in [9.17, 15) is 4.79 Å². The third kappa shape index (κ3) is 2.37. The van der Waals surface area contributed by atoms with Gasteiger partial charge in [-0.05, 0) is 37.9 Å². The summed E-state index contributed by atoms with van der Waals surface area (Å²) in [5.74, 6) is 1.82. The van der Waals surface area contributed by atoms with E-state index < -0.39 is 0 Å². The number of hydrogen-bond donors (Lipinski definition) is 2. The van der Waals surface area contributed by atoms with Crippen LogP contribution in [0.25, 0.3) is 0 Å². The largest absolute Gasteiger partial charge is 0.377 e. The molecule has 21 heavy (non-hydrogen) atoms. The Labute approximate surface area is 131 Å². The lowest BCUT2D eigenvalue weighted by atomic mass is 9.54. The van der Waals surface area contributed by atoms with Gasteiger partial charge in [0.1, 0.15) is 0 Å². The summed E-state index contributed by atoms with van der Waals surface area (Å²) in [7, 11) is 0. The molecule has 0 bridgehead atoms. The second kappa shape index (κ2) is 5.65. The average Bonchev–Trinajstić information content (AvgIpc) is 3.22. The fourth-order valence-corrected chi connectivity index (χ4v) is 6.31. The first-order chi connectivity index (χ1) is 10.3. The van der Waals surface area contributed by atoms with Crippen molar-refractivity contribution >= 4 is 17.8 Å². The van der Waals surface area contributed by atoms with Gasteiger partial charge >= 0.3 is 6.03 Å². The van der Waals surface area contributed by atoms with Crippen molar-refractivity contribution in [3.63, 3.8) is 0 Å². The average molecular weight is 310 g/mol. The summed E-state index contributed by atoms with van der Waals surface area (Å²) < 4.78 is 5.97. The highest BCUT2D eigenvalue weighted by atomic mass is 32.2. The van der Waals surface area contributed by atoms with Crippen LogP contribution in [0.4, 0.5) is 4.79 Å². The molecule has 0 unspecified atom stereocenters. The summed E-state index contributed by atoms with van der Waals surface area (Å²) in [6.45, 7) is 1.70. The molecule has 0 radical (unpaired) electrons. The first kappa shape index (κ1) is 14.2. The van der Waals surface area contributed by atoms with Gasteiger partial charge in [-0.1, -0.05) is 12.8 Å². The number of nitrogens with one attached hydrogen (secondary N) is 2. The van der Waals surface area contributed by atoms with Crippen molar-refractivity contribution < 1.29 is 9.53 Å². The maximum atomic E-state index is 12.3. The molecule has 2 aliphatic carbocycles. The van der Waals surface area contributed by atoms with Crippen molar-refractivity contribution in [2.24, 2.45) is 11.3 Å². The molecule has 2 amide bonds. The molecular formula is C16H26N2O2S. The Morgan fingerprint density at radius 3 is 2.86 bits per heavy atom. The molecule has 118 valence electrons. The van der Waals surface area contributed by atoms with Crippen LogP contribution in [-0.4, -0.2) is 42.3 Å². The molecular weight excluding hydrogens is 284 g/mol. The van der Waals surface area contributed by atoms with Crippen LogP contribution in [0.3, 0.4) is 0 Å². The minimum absolute atomic E-state index is 0.0455. The molecule has 4 aliphatic rings. The van der Waals surface area contributed by atoms with Crippen molar-refractivity contribution in [3.8, 4) is 0 Å². The number of ether oxygens (including phenoxy) is 1. The van der Waals surface area contributed by atoms with E-state index in [1.54, 1.807) is 0 Å². The van der Waals surface area contributed by atoms with Gasteiger partial charge in [0.25, 0.3) is 0 Å². The Kier molecular flexibility index (Phi) is 3.82. The lowest BCUT2D eigenvalue weighted by Gasteiger charge is -2.56. The second-order valence-corrected chi connectivity index (χ2v) is 8.56. The van der Waals surface area contributed by atoms with Crippen LogP contribution in [0.1, 0.15) is 44.9 Å². The number of rotatable bonds is 3. The van der Waals surface area contributed by atoms with Crippen LogP contribution >= 0.6 is 11.8 Å². The molecule has 4 atom stereocenters. The highest BCUT2D eigenvalue weighted by Crippen LogP contribution is 2.60. The number of carbonyl (C=O) groups is 1. The lowest BCUT2D eigenvalue weighted by molar-refractivity contribution is -0.126. The van der Waals surface area contributed by atoms with Crippen LogP contribution < -0.4 is 10.6 Å². The summed E-state index contributed by atoms with van der Waals surface area (Å²) >= 11 is 1.99. The molecule has 2 heterocycles. The van der Waals surface area contributed by atoms with E-state index in [2.05, 4.69) is 10.6 Å². The van der Waals surface area contributed by atoms with Crippen LogP contribution in [0.5, 0.6) is 0 Å². The Morgan fingerprint density at radius 2 is 2.10 bits per heavy atom. The molecule has 0 aromatic carbocycles. The van der Waals surface area contributed by atoms with Gasteiger partial charge in [0.2, 0.25) is 0 Å². The van der Waals surface area contributed by atoms with Gasteiger partial charge in [-0.25, -0.2) is 4.79 Å². The van der Waals surface area contributed by atoms with Gasteiger partial charge in [0.05, 0.1) is 6.10 Å². The van der Waals surface area contributed by atoms with Crippen molar-refractivity contribution in [1.82, 2.24) is 10.6 Å². The smallest absolute Gasteiger partial charge is 0.315 e. The van der Waals surface area contributed by atoms with Crippen molar-refractivity contribution in [1.29, 1.82) is 0 Å². The summed E-state index contributed by atoms with van der Waals surface area (Å²) in [6, 6.07) is 0.396. The third-order valence-corrected chi connectivity index (χ3v) is 7.49. The zero-order valence-corrected chi connectivity index (χ0v) is 13.4. The third-order valence-electron chi connectivity index (χ3n) is 6.09. The number of carbonyl (C=O) groups excluding carboxylic acids is 1. The van der Waals surface area contributed by atoms with E-state index in [0.29, 0.717) is 23.3 Å². The monoisotopic (exact) mass is 310 g/mol. The molecule has 4 nitrogen and oxygen atoms in total. The lowest BCUT2D eigenvalue weighted by Crippen LogP contribution is -2.69. The molecule has 4 rings (SSSR count). The van der Waals surface area contributed by atoms with Crippen LogP contribution in [0, 0.1) is 11.3 Å². The molecule has 2 saturated heterocycles. The van der Waals surface area contributed by atoms with Crippen LogP contribution in [0.15, 0.2) is 0 Å². The van der Waals surface area contributed by atoms with Crippen LogP contribution in [-0.2, 0) is 4.74 Å². The number of fused-ring (bicyclic) bond motifs is 2. The van der Waals surface area contributed by atoms with Gasteiger partial charge in [-0.2, -0.15) is 11.8 Å². The normalized spacial score (nSPS) is 40.0. The predicted octanol–water partition coefficient (Wildman–Crippen LogP) is 2.53. The fourth-order valence-electron chi connectivity index (χ4n) is 5.11. The van der Waals surface area contributed by atoms with E-state index in [1.165, 1.54) is 44.3 Å². The minimum Gasteiger partial charge on any atom is -0.377 e. The number of thioether (sulfide) groups is 1. The number of amides is 2. The number of urea groups is 1. The zero-order valence-electron chi connectivity index (χ0n) is 12.6. The second-order valence-electron chi connectivity index (χ2n) is 7.15.